The average molecular weight is 340 g/mol. The molecule has 0 radical (unpaired) electrons. The molecule has 4 nitrogen and oxygen atoms in total. The van der Waals surface area contributed by atoms with Crippen LogP contribution in [0.3, 0.4) is 0 Å². The lowest BCUT2D eigenvalue weighted by Gasteiger charge is -2.27. The SMILES string of the molecule is CN(CCC(Oc1ccc(C(F)(F)F)cc1)C1C=CC=CC1)N=O. The van der Waals surface area contributed by atoms with Crippen molar-refractivity contribution < 1.29 is 17.9 Å². The quantitative estimate of drug-likeness (QED) is 0.538. The van der Waals surface area contributed by atoms with Crippen LogP contribution in [0.4, 0.5) is 13.2 Å². The van der Waals surface area contributed by atoms with Crippen LogP contribution in [0.25, 0.3) is 0 Å². The lowest BCUT2D eigenvalue weighted by Crippen LogP contribution is -2.30. The van der Waals surface area contributed by atoms with Gasteiger partial charge >= 0.3 is 6.18 Å². The fraction of sp³-hybridized carbons (Fsp3) is 0.412. The summed E-state index contributed by atoms with van der Waals surface area (Å²) >= 11 is 0. The van der Waals surface area contributed by atoms with Gasteiger partial charge in [-0.15, -0.1) is 4.91 Å². The van der Waals surface area contributed by atoms with Gasteiger partial charge in [0.1, 0.15) is 11.9 Å². The van der Waals surface area contributed by atoms with Crippen LogP contribution in [0.1, 0.15) is 18.4 Å². The molecule has 2 atom stereocenters. The van der Waals surface area contributed by atoms with Crippen LogP contribution in [0, 0.1) is 10.8 Å². The van der Waals surface area contributed by atoms with Crippen molar-refractivity contribution in [1.29, 1.82) is 0 Å². The van der Waals surface area contributed by atoms with Gasteiger partial charge in [-0.05, 0) is 30.7 Å². The standard InChI is InChI=1S/C17H19F3N2O2/c1-22(21-23)12-11-16(13-5-3-2-4-6-13)24-15-9-7-14(8-10-15)17(18,19)20/h2-5,7-10,13,16H,6,11-12H2,1H3. The number of allylic oxidation sites excluding steroid dienone is 3. The van der Waals surface area contributed by atoms with Crippen LogP contribution >= 0.6 is 0 Å². The minimum absolute atomic E-state index is 0.0948. The first-order chi connectivity index (χ1) is 11.4. The summed E-state index contributed by atoms with van der Waals surface area (Å²) in [6.07, 6.45) is 4.55. The summed E-state index contributed by atoms with van der Waals surface area (Å²) in [6, 6.07) is 4.64. The number of ether oxygens (including phenoxy) is 1. The molecule has 0 saturated carbocycles. The zero-order chi connectivity index (χ0) is 17.6. The normalized spacial score (nSPS) is 18.2. The van der Waals surface area contributed by atoms with Crippen LogP contribution in [-0.2, 0) is 6.18 Å². The average Bonchev–Trinajstić information content (AvgIpc) is 2.58. The van der Waals surface area contributed by atoms with E-state index >= 15 is 0 Å². The van der Waals surface area contributed by atoms with Gasteiger partial charge < -0.3 is 4.74 Å². The molecule has 0 spiro atoms. The molecule has 0 amide bonds. The second-order valence-electron chi connectivity index (χ2n) is 5.64. The molecule has 0 N–H and O–H groups in total. The number of nitroso groups, excluding NO2 is 1. The van der Waals surface area contributed by atoms with E-state index in [4.69, 9.17) is 4.74 Å². The van der Waals surface area contributed by atoms with Gasteiger partial charge in [-0.1, -0.05) is 24.3 Å². The molecule has 1 aromatic carbocycles. The summed E-state index contributed by atoms with van der Waals surface area (Å²) in [7, 11) is 1.57. The summed E-state index contributed by atoms with van der Waals surface area (Å²) in [4.78, 5) is 10.5. The third-order valence-corrected chi connectivity index (χ3v) is 3.84. The van der Waals surface area contributed by atoms with E-state index in [0.717, 1.165) is 18.6 Å². The van der Waals surface area contributed by atoms with Crippen LogP contribution < -0.4 is 4.74 Å². The number of hydrogen-bond acceptors (Lipinski definition) is 3. The Morgan fingerprint density at radius 3 is 2.54 bits per heavy atom. The summed E-state index contributed by atoms with van der Waals surface area (Å²) in [5, 5.41) is 4.09. The summed E-state index contributed by atoms with van der Waals surface area (Å²) in [5.74, 6) is 0.468. The Hall–Kier alpha value is -2.31. The molecule has 1 aliphatic carbocycles. The first-order valence-electron chi connectivity index (χ1n) is 7.62. The molecular formula is C17H19F3N2O2. The highest BCUT2D eigenvalue weighted by atomic mass is 19.4. The van der Waals surface area contributed by atoms with E-state index in [0.29, 0.717) is 18.7 Å². The highest BCUT2D eigenvalue weighted by Crippen LogP contribution is 2.31. The third kappa shape index (κ3) is 5.11. The Labute approximate surface area is 138 Å². The van der Waals surface area contributed by atoms with Crippen molar-refractivity contribution in [3.8, 4) is 5.75 Å². The zero-order valence-corrected chi connectivity index (χ0v) is 13.2. The number of nitrogens with zero attached hydrogens (tertiary/aromatic N) is 2. The van der Waals surface area contributed by atoms with E-state index < -0.39 is 11.7 Å². The van der Waals surface area contributed by atoms with Crippen molar-refractivity contribution in [2.24, 2.45) is 11.2 Å². The number of alkyl halides is 3. The second kappa shape index (κ2) is 7.99. The van der Waals surface area contributed by atoms with Gasteiger partial charge in [0.15, 0.2) is 0 Å². The number of benzene rings is 1. The first kappa shape index (κ1) is 18.0. The van der Waals surface area contributed by atoms with Gasteiger partial charge in [0.05, 0.1) is 10.8 Å². The van der Waals surface area contributed by atoms with E-state index in [1.807, 2.05) is 24.3 Å². The van der Waals surface area contributed by atoms with Crippen LogP contribution in [0.2, 0.25) is 0 Å². The van der Waals surface area contributed by atoms with E-state index in [2.05, 4.69) is 5.29 Å². The fourth-order valence-corrected chi connectivity index (χ4v) is 2.49. The molecule has 2 unspecified atom stereocenters. The molecule has 0 saturated heterocycles. The van der Waals surface area contributed by atoms with E-state index in [1.165, 1.54) is 17.1 Å². The van der Waals surface area contributed by atoms with Crippen molar-refractivity contribution in [1.82, 2.24) is 5.01 Å². The molecule has 1 aliphatic rings. The number of halogens is 3. The molecule has 7 heteroatoms. The van der Waals surface area contributed by atoms with Crippen molar-refractivity contribution in [2.45, 2.75) is 25.1 Å². The summed E-state index contributed by atoms with van der Waals surface area (Å²) in [6.45, 7) is 0.406. The van der Waals surface area contributed by atoms with Gasteiger partial charge in [0, 0.05) is 25.9 Å². The molecule has 0 aliphatic heterocycles. The van der Waals surface area contributed by atoms with E-state index in [-0.39, 0.29) is 12.0 Å². The maximum atomic E-state index is 12.6. The molecule has 2 rings (SSSR count). The topological polar surface area (TPSA) is 41.9 Å². The highest BCUT2D eigenvalue weighted by Gasteiger charge is 2.30. The zero-order valence-electron chi connectivity index (χ0n) is 13.2. The molecule has 0 heterocycles. The molecular weight excluding hydrogens is 321 g/mol. The van der Waals surface area contributed by atoms with Gasteiger partial charge in [-0.2, -0.15) is 13.2 Å². The summed E-state index contributed by atoms with van der Waals surface area (Å²) in [5.41, 5.74) is -0.711. The highest BCUT2D eigenvalue weighted by molar-refractivity contribution is 5.29. The lowest BCUT2D eigenvalue weighted by molar-refractivity contribution is -0.137. The van der Waals surface area contributed by atoms with Crippen molar-refractivity contribution in [2.75, 3.05) is 13.6 Å². The van der Waals surface area contributed by atoms with Crippen molar-refractivity contribution >= 4 is 0 Å². The smallest absolute Gasteiger partial charge is 0.416 e. The van der Waals surface area contributed by atoms with E-state index in [9.17, 15) is 18.1 Å². The maximum absolute atomic E-state index is 12.6. The number of hydrogen-bond donors (Lipinski definition) is 0. The molecule has 0 bridgehead atoms. The predicted molar refractivity (Wildman–Crippen MR) is 85.3 cm³/mol. The van der Waals surface area contributed by atoms with Crippen molar-refractivity contribution in [3.63, 3.8) is 0 Å². The van der Waals surface area contributed by atoms with Crippen LogP contribution in [0.5, 0.6) is 5.75 Å². The molecule has 1 aromatic rings. The maximum Gasteiger partial charge on any atom is 0.416 e. The lowest BCUT2D eigenvalue weighted by atomic mass is 9.92. The molecule has 24 heavy (non-hydrogen) atoms. The van der Waals surface area contributed by atoms with Gasteiger partial charge in [-0.3, -0.25) is 5.01 Å². The monoisotopic (exact) mass is 340 g/mol. The Morgan fingerprint density at radius 2 is 2.00 bits per heavy atom. The predicted octanol–water partition coefficient (Wildman–Crippen LogP) is 4.59. The molecule has 0 fully saturated rings. The van der Waals surface area contributed by atoms with Gasteiger partial charge in [-0.25, -0.2) is 0 Å². The number of rotatable bonds is 7. The fourth-order valence-electron chi connectivity index (χ4n) is 2.49. The van der Waals surface area contributed by atoms with E-state index in [1.54, 1.807) is 7.05 Å². The Morgan fingerprint density at radius 1 is 1.29 bits per heavy atom. The molecule has 130 valence electrons. The van der Waals surface area contributed by atoms with Gasteiger partial charge in [0.2, 0.25) is 0 Å². The second-order valence-corrected chi connectivity index (χ2v) is 5.64. The molecule has 0 aromatic heterocycles. The van der Waals surface area contributed by atoms with Gasteiger partial charge in [0.25, 0.3) is 0 Å². The largest absolute Gasteiger partial charge is 0.490 e. The minimum atomic E-state index is -4.37. The Bertz CT molecular complexity index is 597. The summed E-state index contributed by atoms with van der Waals surface area (Å²) < 4.78 is 43.7. The Balaban J connectivity index is 2.07. The van der Waals surface area contributed by atoms with Crippen LogP contribution in [0.15, 0.2) is 53.9 Å². The minimum Gasteiger partial charge on any atom is -0.490 e. The van der Waals surface area contributed by atoms with Crippen LogP contribution in [-0.4, -0.2) is 24.7 Å². The van der Waals surface area contributed by atoms with Crippen molar-refractivity contribution in [3.05, 3.63) is 59.0 Å². The third-order valence-electron chi connectivity index (χ3n) is 3.84. The Kier molecular flexibility index (Phi) is 6.00. The first-order valence-corrected chi connectivity index (χ1v) is 7.62.